The van der Waals surface area contributed by atoms with Crippen molar-refractivity contribution in [1.29, 1.82) is 0 Å². The van der Waals surface area contributed by atoms with Gasteiger partial charge in [-0.3, -0.25) is 9.20 Å². The zero-order chi connectivity index (χ0) is 21.7. The molecule has 4 aromatic rings. The molecule has 0 aliphatic carbocycles. The molecule has 0 atom stereocenters. The Morgan fingerprint density at radius 1 is 0.968 bits per heavy atom. The number of fused-ring (bicyclic) bond motifs is 5. The Kier molecular flexibility index (Phi) is 4.78. The second-order valence-corrected chi connectivity index (χ2v) is 8.56. The van der Waals surface area contributed by atoms with Crippen LogP contribution in [-0.2, 0) is 0 Å². The van der Waals surface area contributed by atoms with Crippen LogP contribution in [0, 0.1) is 13.8 Å². The molecule has 0 unspecified atom stereocenters. The van der Waals surface area contributed by atoms with Crippen molar-refractivity contribution in [3.8, 4) is 0 Å². The number of amides is 1. The molecule has 7 nitrogen and oxygen atoms in total. The van der Waals surface area contributed by atoms with Crippen LogP contribution in [0.25, 0.3) is 27.7 Å². The van der Waals surface area contributed by atoms with E-state index in [0.29, 0.717) is 11.2 Å². The third-order valence-electron chi connectivity index (χ3n) is 6.43. The Bertz CT molecular complexity index is 1320. The lowest BCUT2D eigenvalue weighted by atomic mass is 10.1. The number of hydrogen-bond acceptors (Lipinski definition) is 5. The third-order valence-corrected chi connectivity index (χ3v) is 6.43. The van der Waals surface area contributed by atoms with Crippen molar-refractivity contribution in [2.75, 3.05) is 45.2 Å². The summed E-state index contributed by atoms with van der Waals surface area (Å²) < 4.78 is 2.05. The molecule has 0 spiro atoms. The fraction of sp³-hybridized carbons (Fsp3) is 0.375. The van der Waals surface area contributed by atoms with Crippen LogP contribution in [0.4, 0.5) is 5.82 Å². The van der Waals surface area contributed by atoms with Crippen LogP contribution < -0.4 is 10.2 Å². The number of aryl methyl sites for hydroxylation is 2. The lowest BCUT2D eigenvalue weighted by Crippen LogP contribution is -2.29. The molecule has 4 heterocycles. The van der Waals surface area contributed by atoms with Gasteiger partial charge in [0.15, 0.2) is 5.65 Å². The van der Waals surface area contributed by atoms with Gasteiger partial charge in [-0.15, -0.1) is 0 Å². The van der Waals surface area contributed by atoms with Gasteiger partial charge in [-0.2, -0.15) is 0 Å². The Balaban J connectivity index is 1.79. The highest BCUT2D eigenvalue weighted by Crippen LogP contribution is 2.29. The summed E-state index contributed by atoms with van der Waals surface area (Å²) >= 11 is 0. The summed E-state index contributed by atoms with van der Waals surface area (Å²) in [6.07, 6.45) is 1.12. The fourth-order valence-corrected chi connectivity index (χ4v) is 4.44. The highest BCUT2D eigenvalue weighted by Gasteiger charge is 2.20. The summed E-state index contributed by atoms with van der Waals surface area (Å²) in [5, 5.41) is 3.68. The van der Waals surface area contributed by atoms with Crippen LogP contribution >= 0.6 is 0 Å². The number of hydrogen-bond donors (Lipinski definition) is 1. The van der Waals surface area contributed by atoms with E-state index in [1.807, 2.05) is 6.07 Å². The quantitative estimate of drug-likeness (QED) is 0.544. The van der Waals surface area contributed by atoms with Gasteiger partial charge in [-0.1, -0.05) is 0 Å². The molecule has 0 radical (unpaired) electrons. The Hall–Kier alpha value is -3.19. The Morgan fingerprint density at radius 3 is 2.58 bits per heavy atom. The summed E-state index contributed by atoms with van der Waals surface area (Å²) in [6, 6.07) is 10.3. The Morgan fingerprint density at radius 2 is 1.77 bits per heavy atom. The van der Waals surface area contributed by atoms with E-state index in [1.165, 1.54) is 11.1 Å². The molecule has 5 rings (SSSR count). The lowest BCUT2D eigenvalue weighted by molar-refractivity contribution is 0.0964. The average molecular weight is 417 g/mol. The first-order valence-electron chi connectivity index (χ1n) is 10.8. The summed E-state index contributed by atoms with van der Waals surface area (Å²) in [7, 11) is 3.82. The van der Waals surface area contributed by atoms with Gasteiger partial charge in [0.1, 0.15) is 11.5 Å². The summed E-state index contributed by atoms with van der Waals surface area (Å²) in [5.74, 6) is 0.831. The second kappa shape index (κ2) is 7.50. The number of nitrogens with zero attached hydrogens (tertiary/aromatic N) is 5. The number of aromatic nitrogens is 3. The molecule has 1 saturated heterocycles. The van der Waals surface area contributed by atoms with Crippen molar-refractivity contribution in [2.24, 2.45) is 0 Å². The van der Waals surface area contributed by atoms with E-state index in [0.717, 1.165) is 60.5 Å². The number of benzene rings is 1. The normalized spacial score (nSPS) is 15.7. The largest absolute Gasteiger partial charge is 0.355 e. The van der Waals surface area contributed by atoms with Crippen LogP contribution in [0.2, 0.25) is 0 Å². The monoisotopic (exact) mass is 416 g/mol. The zero-order valence-corrected chi connectivity index (χ0v) is 18.6. The molecular weight excluding hydrogens is 388 g/mol. The topological polar surface area (TPSA) is 65.8 Å². The number of nitrogens with one attached hydrogen (secondary N) is 1. The summed E-state index contributed by atoms with van der Waals surface area (Å²) in [6.45, 7) is 8.27. The molecular formula is C24H28N6O. The van der Waals surface area contributed by atoms with E-state index in [1.54, 1.807) is 7.05 Å². The first-order valence-corrected chi connectivity index (χ1v) is 10.8. The number of carbonyl (C=O) groups is 1. The first-order chi connectivity index (χ1) is 15.0. The predicted molar refractivity (Wildman–Crippen MR) is 125 cm³/mol. The molecule has 0 saturated carbocycles. The van der Waals surface area contributed by atoms with Crippen LogP contribution in [0.3, 0.4) is 0 Å². The molecule has 3 aromatic heterocycles. The van der Waals surface area contributed by atoms with E-state index in [2.05, 4.69) is 64.7 Å². The number of imidazole rings is 1. The Labute approximate surface area is 181 Å². The van der Waals surface area contributed by atoms with Gasteiger partial charge in [0.2, 0.25) is 0 Å². The molecule has 7 heteroatoms. The minimum absolute atomic E-state index is 0.143. The van der Waals surface area contributed by atoms with Gasteiger partial charge < -0.3 is 15.1 Å². The zero-order valence-electron chi connectivity index (χ0n) is 18.6. The van der Waals surface area contributed by atoms with Crippen molar-refractivity contribution >= 4 is 39.4 Å². The maximum atomic E-state index is 12.7. The maximum absolute atomic E-state index is 12.7. The van der Waals surface area contributed by atoms with Gasteiger partial charge in [0.05, 0.1) is 16.6 Å². The van der Waals surface area contributed by atoms with Crippen LogP contribution in [0.5, 0.6) is 0 Å². The molecule has 160 valence electrons. The molecule has 1 amide bonds. The maximum Gasteiger partial charge on any atom is 0.254 e. The molecule has 0 bridgehead atoms. The van der Waals surface area contributed by atoms with E-state index in [9.17, 15) is 4.79 Å². The molecule has 1 aliphatic rings. The van der Waals surface area contributed by atoms with Crippen molar-refractivity contribution in [2.45, 2.75) is 20.3 Å². The standard InChI is InChI=1S/C24H28N6O/c1-15-12-19-20(13-16(15)2)30-22-17(14-18(23(30)26-19)24(31)25-3)6-7-21(27-22)29-9-5-8-28(4)10-11-29/h6-7,12-14H,5,8-11H2,1-4H3,(H,25,31). The van der Waals surface area contributed by atoms with Crippen LogP contribution in [-0.4, -0.2) is 65.5 Å². The van der Waals surface area contributed by atoms with Gasteiger partial charge >= 0.3 is 0 Å². The summed E-state index contributed by atoms with van der Waals surface area (Å²) in [4.78, 5) is 27.3. The van der Waals surface area contributed by atoms with Crippen molar-refractivity contribution in [3.63, 3.8) is 0 Å². The lowest BCUT2D eigenvalue weighted by Gasteiger charge is -2.22. The molecule has 1 N–H and O–H groups in total. The number of likely N-dealkylation sites (N-methyl/N-ethyl adjacent to an activating group) is 1. The van der Waals surface area contributed by atoms with Crippen LogP contribution in [0.15, 0.2) is 30.3 Å². The minimum Gasteiger partial charge on any atom is -0.355 e. The summed E-state index contributed by atoms with van der Waals surface area (Å²) in [5.41, 5.74) is 6.28. The molecule has 1 aromatic carbocycles. The van der Waals surface area contributed by atoms with E-state index < -0.39 is 0 Å². The number of carbonyl (C=O) groups excluding carboxylic acids is 1. The van der Waals surface area contributed by atoms with Crippen molar-refractivity contribution < 1.29 is 4.79 Å². The van der Waals surface area contributed by atoms with Gasteiger partial charge in [0, 0.05) is 32.1 Å². The molecule has 31 heavy (non-hydrogen) atoms. The van der Waals surface area contributed by atoms with Gasteiger partial charge in [-0.25, -0.2) is 9.97 Å². The minimum atomic E-state index is -0.143. The SMILES string of the molecule is CNC(=O)c1cc2ccc(N3CCCN(C)CC3)nc2n2c1nc1cc(C)c(C)cc12. The number of pyridine rings is 2. The van der Waals surface area contributed by atoms with Crippen LogP contribution in [0.1, 0.15) is 27.9 Å². The van der Waals surface area contributed by atoms with E-state index in [-0.39, 0.29) is 5.91 Å². The predicted octanol–water partition coefficient (Wildman–Crippen LogP) is 3.15. The molecule has 1 aliphatic heterocycles. The molecule has 1 fully saturated rings. The van der Waals surface area contributed by atoms with Crippen molar-refractivity contribution in [1.82, 2.24) is 24.6 Å². The second-order valence-electron chi connectivity index (χ2n) is 8.56. The van der Waals surface area contributed by atoms with E-state index >= 15 is 0 Å². The highest BCUT2D eigenvalue weighted by atomic mass is 16.1. The van der Waals surface area contributed by atoms with Crippen molar-refractivity contribution in [3.05, 3.63) is 47.0 Å². The van der Waals surface area contributed by atoms with Gasteiger partial charge in [0.25, 0.3) is 5.91 Å². The number of anilines is 1. The fourth-order valence-electron chi connectivity index (χ4n) is 4.44. The van der Waals surface area contributed by atoms with Gasteiger partial charge in [-0.05, 0) is 75.3 Å². The third kappa shape index (κ3) is 3.29. The number of rotatable bonds is 2. The van der Waals surface area contributed by atoms with E-state index in [4.69, 9.17) is 9.97 Å². The highest BCUT2D eigenvalue weighted by molar-refractivity contribution is 6.05. The smallest absolute Gasteiger partial charge is 0.254 e. The first kappa shape index (κ1) is 19.8. The average Bonchev–Trinajstić information content (AvgIpc) is 2.98.